The minimum absolute atomic E-state index is 0.0324. The minimum Gasteiger partial charge on any atom is -0.464 e. The highest BCUT2D eigenvalue weighted by Crippen LogP contribution is 2.23. The van der Waals surface area contributed by atoms with E-state index >= 15 is 0 Å². The van der Waals surface area contributed by atoms with E-state index in [1.165, 1.54) is 23.9 Å². The van der Waals surface area contributed by atoms with E-state index in [-0.39, 0.29) is 17.8 Å². The second kappa shape index (κ2) is 6.35. The Kier molecular flexibility index (Phi) is 4.24. The van der Waals surface area contributed by atoms with Gasteiger partial charge in [0.1, 0.15) is 18.3 Å². The fraction of sp³-hybridized carbons (Fsp3) is 0.176. The zero-order valence-corrected chi connectivity index (χ0v) is 12.7. The van der Waals surface area contributed by atoms with Crippen molar-refractivity contribution in [2.24, 2.45) is 0 Å². The van der Waals surface area contributed by atoms with Crippen LogP contribution in [0.4, 0.5) is 13.2 Å². The molecule has 0 aliphatic carbocycles. The zero-order chi connectivity index (χ0) is 17.3. The monoisotopic (exact) mass is 334 g/mol. The molecule has 4 nitrogen and oxygen atoms in total. The summed E-state index contributed by atoms with van der Waals surface area (Å²) in [5.41, 5.74) is 1.12. The van der Waals surface area contributed by atoms with E-state index in [9.17, 15) is 18.0 Å². The number of alkyl halides is 1. The van der Waals surface area contributed by atoms with Crippen molar-refractivity contribution in [2.75, 3.05) is 7.11 Å². The smallest absolute Gasteiger partial charge is 0.359 e. The molecule has 3 rings (SSSR count). The lowest BCUT2D eigenvalue weighted by atomic mass is 10.1. The number of ether oxygens (including phenoxy) is 1. The van der Waals surface area contributed by atoms with Gasteiger partial charge in [-0.2, -0.15) is 5.10 Å². The van der Waals surface area contributed by atoms with E-state index in [4.69, 9.17) is 4.74 Å². The molecule has 0 amide bonds. The molecule has 1 aromatic heterocycles. The summed E-state index contributed by atoms with van der Waals surface area (Å²) in [4.78, 5) is 11.9. The molecular weight excluding hydrogens is 321 g/mol. The lowest BCUT2D eigenvalue weighted by molar-refractivity contribution is 0.0595. The first-order valence-corrected chi connectivity index (χ1v) is 7.11. The van der Waals surface area contributed by atoms with Gasteiger partial charge in [0, 0.05) is 17.0 Å². The Balaban J connectivity index is 2.13. The van der Waals surface area contributed by atoms with Crippen LogP contribution in [0.2, 0.25) is 0 Å². The molecular formula is C17H13F3N2O2. The maximum Gasteiger partial charge on any atom is 0.359 e. The van der Waals surface area contributed by atoms with E-state index < -0.39 is 24.3 Å². The summed E-state index contributed by atoms with van der Waals surface area (Å²) >= 11 is 0. The highest BCUT2D eigenvalue weighted by molar-refractivity contribution is 6.02. The molecule has 0 N–H and O–H groups in total. The van der Waals surface area contributed by atoms with Crippen molar-refractivity contribution in [3.63, 3.8) is 0 Å². The molecule has 0 bridgehead atoms. The highest BCUT2D eigenvalue weighted by Gasteiger charge is 2.19. The maximum absolute atomic E-state index is 13.9. The number of hydrogen-bond acceptors (Lipinski definition) is 3. The van der Waals surface area contributed by atoms with Crippen molar-refractivity contribution in [3.8, 4) is 0 Å². The first-order valence-electron chi connectivity index (χ1n) is 7.11. The zero-order valence-electron chi connectivity index (χ0n) is 12.7. The third-order valence-electron chi connectivity index (χ3n) is 3.68. The second-order valence-electron chi connectivity index (χ2n) is 5.22. The van der Waals surface area contributed by atoms with Gasteiger partial charge in [-0.15, -0.1) is 0 Å². The number of aromatic nitrogens is 2. The van der Waals surface area contributed by atoms with Crippen molar-refractivity contribution in [1.29, 1.82) is 0 Å². The summed E-state index contributed by atoms with van der Waals surface area (Å²) in [6.45, 7) is -0.713. The largest absolute Gasteiger partial charge is 0.464 e. The molecule has 1 heterocycles. The van der Waals surface area contributed by atoms with Gasteiger partial charge in [-0.3, -0.25) is 4.68 Å². The van der Waals surface area contributed by atoms with Crippen LogP contribution in [0.5, 0.6) is 0 Å². The van der Waals surface area contributed by atoms with Crippen molar-refractivity contribution in [2.45, 2.75) is 13.2 Å². The summed E-state index contributed by atoms with van der Waals surface area (Å²) < 4.78 is 45.9. The van der Waals surface area contributed by atoms with Gasteiger partial charge < -0.3 is 4.74 Å². The van der Waals surface area contributed by atoms with Crippen molar-refractivity contribution < 1.29 is 22.7 Å². The topological polar surface area (TPSA) is 44.1 Å². The fourth-order valence-corrected chi connectivity index (χ4v) is 2.48. The van der Waals surface area contributed by atoms with Crippen LogP contribution < -0.4 is 0 Å². The van der Waals surface area contributed by atoms with E-state index in [0.29, 0.717) is 16.5 Å². The van der Waals surface area contributed by atoms with Crippen LogP contribution in [0.25, 0.3) is 10.9 Å². The van der Waals surface area contributed by atoms with Gasteiger partial charge in [-0.1, -0.05) is 12.1 Å². The van der Waals surface area contributed by atoms with Crippen LogP contribution in [0, 0.1) is 11.6 Å². The number of rotatable bonds is 4. The summed E-state index contributed by atoms with van der Waals surface area (Å²) in [5.74, 6) is -2.05. The van der Waals surface area contributed by atoms with Gasteiger partial charge in [-0.25, -0.2) is 18.0 Å². The number of benzene rings is 2. The summed E-state index contributed by atoms with van der Waals surface area (Å²) in [6.07, 6.45) is 0. The Bertz CT molecular complexity index is 922. The number of hydrogen-bond donors (Lipinski definition) is 0. The van der Waals surface area contributed by atoms with Crippen molar-refractivity contribution in [3.05, 3.63) is 64.9 Å². The van der Waals surface area contributed by atoms with Gasteiger partial charge in [-0.05, 0) is 23.8 Å². The fourth-order valence-electron chi connectivity index (χ4n) is 2.48. The standard InChI is InChI=1S/C17H13F3N2O2/c1-24-17(23)16-13-5-2-10(8-18)6-15(13)22(21-16)9-11-3-4-12(19)7-14(11)20/h2-7H,8-9H2,1H3. The van der Waals surface area contributed by atoms with Gasteiger partial charge in [0.15, 0.2) is 5.69 Å². The number of carbonyl (C=O) groups is 1. The van der Waals surface area contributed by atoms with E-state index in [1.54, 1.807) is 12.1 Å². The SMILES string of the molecule is COC(=O)c1nn(Cc2ccc(F)cc2F)c2cc(CF)ccc12. The van der Waals surface area contributed by atoms with Gasteiger partial charge in [0.25, 0.3) is 0 Å². The Morgan fingerprint density at radius 2 is 2.00 bits per heavy atom. The van der Waals surface area contributed by atoms with E-state index in [2.05, 4.69) is 5.10 Å². The maximum atomic E-state index is 13.9. The molecule has 0 spiro atoms. The van der Waals surface area contributed by atoms with Crippen molar-refractivity contribution >= 4 is 16.9 Å². The van der Waals surface area contributed by atoms with Crippen LogP contribution in [-0.4, -0.2) is 22.9 Å². The van der Waals surface area contributed by atoms with Crippen LogP contribution in [0.15, 0.2) is 36.4 Å². The van der Waals surface area contributed by atoms with Crippen molar-refractivity contribution in [1.82, 2.24) is 9.78 Å². The second-order valence-corrected chi connectivity index (χ2v) is 5.22. The van der Waals surface area contributed by atoms with Gasteiger partial charge in [0.2, 0.25) is 0 Å². The number of methoxy groups -OCH3 is 1. The number of halogens is 3. The van der Waals surface area contributed by atoms with E-state index in [1.807, 2.05) is 0 Å². The first-order chi connectivity index (χ1) is 11.5. The normalized spacial score (nSPS) is 11.0. The number of fused-ring (bicyclic) bond motifs is 1. The average molecular weight is 334 g/mol. The molecule has 7 heteroatoms. The molecule has 124 valence electrons. The lowest BCUT2D eigenvalue weighted by Crippen LogP contribution is -2.07. The summed E-state index contributed by atoms with van der Waals surface area (Å²) in [7, 11) is 1.22. The number of carbonyl (C=O) groups excluding carboxylic acids is 1. The average Bonchev–Trinajstić information content (AvgIpc) is 2.94. The molecule has 0 aliphatic rings. The molecule has 0 radical (unpaired) electrons. The number of esters is 1. The third kappa shape index (κ3) is 2.84. The Hall–Kier alpha value is -2.83. The molecule has 0 saturated carbocycles. The highest BCUT2D eigenvalue weighted by atomic mass is 19.1. The van der Waals surface area contributed by atoms with Gasteiger partial charge in [0.05, 0.1) is 19.2 Å². The molecule has 24 heavy (non-hydrogen) atoms. The molecule has 0 atom stereocenters. The summed E-state index contributed by atoms with van der Waals surface area (Å²) in [5, 5.41) is 4.63. The quantitative estimate of drug-likeness (QED) is 0.685. The first kappa shape index (κ1) is 16.0. The molecule has 2 aromatic carbocycles. The third-order valence-corrected chi connectivity index (χ3v) is 3.68. The minimum atomic E-state index is -0.722. The Morgan fingerprint density at radius 3 is 2.67 bits per heavy atom. The predicted molar refractivity (Wildman–Crippen MR) is 81.3 cm³/mol. The Morgan fingerprint density at radius 1 is 1.21 bits per heavy atom. The van der Waals surface area contributed by atoms with Crippen LogP contribution in [0.1, 0.15) is 21.6 Å². The van der Waals surface area contributed by atoms with E-state index in [0.717, 1.165) is 12.1 Å². The molecule has 0 unspecified atom stereocenters. The predicted octanol–water partition coefficient (Wildman–Crippen LogP) is 3.62. The van der Waals surface area contributed by atoms with Crippen LogP contribution >= 0.6 is 0 Å². The molecule has 0 saturated heterocycles. The lowest BCUT2D eigenvalue weighted by Gasteiger charge is -2.06. The van der Waals surface area contributed by atoms with Gasteiger partial charge >= 0.3 is 5.97 Å². The summed E-state index contributed by atoms with van der Waals surface area (Å²) in [6, 6.07) is 7.86. The van der Waals surface area contributed by atoms with Crippen LogP contribution in [0.3, 0.4) is 0 Å². The Labute approximate surface area is 135 Å². The molecule has 0 fully saturated rings. The van der Waals surface area contributed by atoms with Crippen LogP contribution in [-0.2, 0) is 18.0 Å². The molecule has 0 aliphatic heterocycles. The molecule has 3 aromatic rings. The number of nitrogens with zero attached hydrogens (tertiary/aromatic N) is 2.